The molecule has 7 nitrogen and oxygen atoms in total. The van der Waals surface area contributed by atoms with Crippen molar-refractivity contribution < 1.29 is 31.5 Å². The van der Waals surface area contributed by atoms with Gasteiger partial charge in [0.2, 0.25) is 0 Å². The number of nitrogens with zero attached hydrogens (tertiary/aromatic N) is 1. The van der Waals surface area contributed by atoms with Crippen LogP contribution in [0.25, 0.3) is 0 Å². The second-order valence-corrected chi connectivity index (χ2v) is 6.56. The third kappa shape index (κ3) is 13.6. The van der Waals surface area contributed by atoms with E-state index >= 15 is 0 Å². The highest BCUT2D eigenvalue weighted by Crippen LogP contribution is 2.08. The Kier molecular flexibility index (Phi) is 8.70. The minimum atomic E-state index is -4.67. The average Bonchev–Trinajstić information content (AvgIpc) is 2.36. The fourth-order valence-electron chi connectivity index (χ4n) is 1.67. The molecule has 0 aliphatic rings. The molecule has 0 saturated carbocycles. The van der Waals surface area contributed by atoms with Crippen molar-refractivity contribution >= 4 is 16.4 Å². The van der Waals surface area contributed by atoms with E-state index in [1.807, 2.05) is 18.2 Å². The molecule has 0 amide bonds. The molecule has 2 N–H and O–H groups in total. The number of benzene rings is 1. The van der Waals surface area contributed by atoms with E-state index in [9.17, 15) is 4.79 Å². The lowest BCUT2D eigenvalue weighted by atomic mass is 10.2. The molecule has 1 aromatic rings. The van der Waals surface area contributed by atoms with E-state index in [4.69, 9.17) is 22.3 Å². The van der Waals surface area contributed by atoms with E-state index in [0.717, 1.165) is 17.6 Å². The molecule has 0 spiro atoms. The summed E-state index contributed by atoms with van der Waals surface area (Å²) in [5, 5.41) is 0. The Bertz CT molecular complexity index is 602. The summed E-state index contributed by atoms with van der Waals surface area (Å²) in [4.78, 5) is 11.3. The molecule has 23 heavy (non-hydrogen) atoms. The number of hydrogen-bond donors (Lipinski definition) is 2. The highest BCUT2D eigenvalue weighted by molar-refractivity contribution is 7.79. The van der Waals surface area contributed by atoms with Crippen LogP contribution in [0.15, 0.2) is 42.5 Å². The molecule has 0 fully saturated rings. The molecular formula is C15H24NO6S+. The molecule has 0 atom stereocenters. The lowest BCUT2D eigenvalue weighted by Crippen LogP contribution is -2.41. The maximum absolute atomic E-state index is 11.3. The number of rotatable bonds is 6. The van der Waals surface area contributed by atoms with Crippen LogP contribution in [0, 0.1) is 0 Å². The van der Waals surface area contributed by atoms with Crippen LogP contribution in [-0.2, 0) is 26.5 Å². The molecule has 0 unspecified atom stereocenters. The Labute approximate surface area is 137 Å². The van der Waals surface area contributed by atoms with E-state index in [0.29, 0.717) is 12.2 Å². The van der Waals surface area contributed by atoms with Gasteiger partial charge < -0.3 is 9.22 Å². The Morgan fingerprint density at radius 2 is 1.70 bits per heavy atom. The summed E-state index contributed by atoms with van der Waals surface area (Å²) in [6.07, 6.45) is 0. The zero-order valence-electron chi connectivity index (χ0n) is 13.6. The minimum Gasteiger partial charge on any atom is -0.456 e. The van der Waals surface area contributed by atoms with Crippen molar-refractivity contribution in [2.45, 2.75) is 13.5 Å². The first-order valence-corrected chi connectivity index (χ1v) is 8.19. The summed E-state index contributed by atoms with van der Waals surface area (Å²) in [5.41, 5.74) is 1.73. The number of carbonyl (C=O) groups excluding carboxylic acids is 1. The first-order chi connectivity index (χ1) is 10.4. The number of carbonyl (C=O) groups is 1. The van der Waals surface area contributed by atoms with Crippen LogP contribution in [0.4, 0.5) is 0 Å². The molecule has 130 valence electrons. The van der Waals surface area contributed by atoms with Gasteiger partial charge in [0.15, 0.2) is 0 Å². The average molecular weight is 346 g/mol. The van der Waals surface area contributed by atoms with E-state index in [1.54, 1.807) is 6.92 Å². The zero-order valence-corrected chi connectivity index (χ0v) is 14.4. The van der Waals surface area contributed by atoms with Crippen LogP contribution in [0.3, 0.4) is 0 Å². The van der Waals surface area contributed by atoms with Gasteiger partial charge in [-0.15, -0.1) is 0 Å². The molecule has 0 aromatic heterocycles. The molecule has 0 saturated heterocycles. The molecular weight excluding hydrogens is 322 g/mol. The Balaban J connectivity index is 0.000000841. The monoisotopic (exact) mass is 346 g/mol. The number of ether oxygens (including phenoxy) is 1. The third-order valence-electron chi connectivity index (χ3n) is 2.73. The first-order valence-electron chi connectivity index (χ1n) is 6.79. The van der Waals surface area contributed by atoms with Crippen LogP contribution in [0.5, 0.6) is 0 Å². The third-order valence-corrected chi connectivity index (χ3v) is 2.73. The lowest BCUT2D eigenvalue weighted by Gasteiger charge is -2.29. The molecule has 1 rings (SSSR count). The fraction of sp³-hybridized carbons (Fsp3) is 0.400. The molecule has 8 heteroatoms. The lowest BCUT2D eigenvalue weighted by molar-refractivity contribution is -0.903. The summed E-state index contributed by atoms with van der Waals surface area (Å²) < 4.78 is 37.5. The van der Waals surface area contributed by atoms with Gasteiger partial charge in [-0.1, -0.05) is 36.9 Å². The predicted octanol–water partition coefficient (Wildman–Crippen LogP) is 1.73. The predicted molar refractivity (Wildman–Crippen MR) is 87.1 cm³/mol. The largest absolute Gasteiger partial charge is 0.456 e. The summed E-state index contributed by atoms with van der Waals surface area (Å²) in [6, 6.07) is 10.3. The minimum absolute atomic E-state index is 0.310. The van der Waals surface area contributed by atoms with Crippen molar-refractivity contribution in [2.24, 2.45) is 0 Å². The van der Waals surface area contributed by atoms with E-state index in [2.05, 4.69) is 32.8 Å². The molecule has 0 radical (unpaired) electrons. The summed E-state index contributed by atoms with van der Waals surface area (Å²) >= 11 is 0. The second kappa shape index (κ2) is 9.41. The second-order valence-electron chi connectivity index (χ2n) is 5.67. The van der Waals surface area contributed by atoms with Gasteiger partial charge in [0, 0.05) is 11.1 Å². The van der Waals surface area contributed by atoms with Gasteiger partial charge in [0.25, 0.3) is 0 Å². The highest BCUT2D eigenvalue weighted by Gasteiger charge is 2.16. The van der Waals surface area contributed by atoms with Gasteiger partial charge >= 0.3 is 16.4 Å². The SMILES string of the molecule is C=C(C)C(=O)OCC[N+](C)(C)Cc1ccccc1.O=S(=O)(O)O. The van der Waals surface area contributed by atoms with Crippen LogP contribution < -0.4 is 0 Å². The van der Waals surface area contributed by atoms with Gasteiger partial charge in [0.1, 0.15) is 19.7 Å². The van der Waals surface area contributed by atoms with E-state index in [1.165, 1.54) is 5.56 Å². The van der Waals surface area contributed by atoms with Crippen molar-refractivity contribution in [3.8, 4) is 0 Å². The molecule has 0 aliphatic carbocycles. The van der Waals surface area contributed by atoms with Gasteiger partial charge in [-0.05, 0) is 6.92 Å². The van der Waals surface area contributed by atoms with Crippen LogP contribution >= 0.6 is 0 Å². The summed E-state index contributed by atoms with van der Waals surface area (Å²) in [6.45, 7) is 7.35. The van der Waals surface area contributed by atoms with Gasteiger partial charge in [-0.25, -0.2) is 4.79 Å². The maximum Gasteiger partial charge on any atom is 0.394 e. The van der Waals surface area contributed by atoms with Crippen LogP contribution in [0.1, 0.15) is 12.5 Å². The molecule has 0 bridgehead atoms. The smallest absolute Gasteiger partial charge is 0.394 e. The number of quaternary nitrogens is 1. The standard InChI is InChI=1S/C15H22NO2.H2O4S/c1-13(2)15(17)18-11-10-16(3,4)12-14-8-6-5-7-9-14;1-5(2,3)4/h5-9H,1,10-12H2,2-4H3;(H2,1,2,3,4)/q+1;. The quantitative estimate of drug-likeness (QED) is 0.352. The first kappa shape index (κ1) is 21.3. The van der Waals surface area contributed by atoms with E-state index in [-0.39, 0.29) is 5.97 Å². The van der Waals surface area contributed by atoms with Crippen LogP contribution in [-0.4, -0.2) is 55.2 Å². The highest BCUT2D eigenvalue weighted by atomic mass is 32.3. The number of esters is 1. The zero-order chi connectivity index (χ0) is 18.1. The Morgan fingerprint density at radius 3 is 2.13 bits per heavy atom. The van der Waals surface area contributed by atoms with Crippen molar-refractivity contribution in [3.05, 3.63) is 48.0 Å². The van der Waals surface area contributed by atoms with Crippen molar-refractivity contribution in [1.29, 1.82) is 0 Å². The fourth-order valence-corrected chi connectivity index (χ4v) is 1.67. The topological polar surface area (TPSA) is 101 Å². The van der Waals surface area contributed by atoms with Crippen molar-refractivity contribution in [1.82, 2.24) is 0 Å². The molecule has 0 heterocycles. The Morgan fingerprint density at radius 1 is 1.22 bits per heavy atom. The summed E-state index contributed by atoms with van der Waals surface area (Å²) in [5.74, 6) is -0.310. The normalized spacial score (nSPS) is 11.2. The molecule has 0 aliphatic heterocycles. The number of hydrogen-bond acceptors (Lipinski definition) is 4. The maximum atomic E-state index is 11.3. The van der Waals surface area contributed by atoms with Crippen LogP contribution in [0.2, 0.25) is 0 Å². The van der Waals surface area contributed by atoms with E-state index < -0.39 is 10.4 Å². The van der Waals surface area contributed by atoms with Gasteiger partial charge in [-0.3, -0.25) is 9.11 Å². The molecule has 1 aromatic carbocycles. The summed E-state index contributed by atoms with van der Waals surface area (Å²) in [7, 11) is -0.413. The van der Waals surface area contributed by atoms with Crippen molar-refractivity contribution in [3.63, 3.8) is 0 Å². The Hall–Kier alpha value is -1.74. The van der Waals surface area contributed by atoms with Gasteiger partial charge in [-0.2, -0.15) is 8.42 Å². The van der Waals surface area contributed by atoms with Gasteiger partial charge in [0.05, 0.1) is 14.1 Å². The number of likely N-dealkylation sites (N-methyl/N-ethyl adjacent to an activating group) is 1. The van der Waals surface area contributed by atoms with Crippen molar-refractivity contribution in [2.75, 3.05) is 27.2 Å².